The van der Waals surface area contributed by atoms with Crippen molar-refractivity contribution >= 4 is 27.6 Å². The first-order chi connectivity index (χ1) is 7.83. The Kier molecular flexibility index (Phi) is 8.21. The van der Waals surface area contributed by atoms with Gasteiger partial charge in [-0.05, 0) is 25.7 Å². The van der Waals surface area contributed by atoms with Gasteiger partial charge >= 0.3 is 5.97 Å². The standard InChI is InChI=1S/C12H22O2S2/c1-2-3-9-14-12(13)7-5-4-6-11-8-10-15-16-11/h11H,2-10H2,1H3/t11-/m0/s1. The molecular weight excluding hydrogens is 240 g/mol. The van der Waals surface area contributed by atoms with E-state index in [1.165, 1.54) is 25.0 Å². The van der Waals surface area contributed by atoms with E-state index in [1.54, 1.807) is 0 Å². The van der Waals surface area contributed by atoms with Crippen LogP contribution in [0.25, 0.3) is 0 Å². The van der Waals surface area contributed by atoms with Crippen LogP contribution in [0.15, 0.2) is 0 Å². The molecular formula is C12H22O2S2. The first kappa shape index (κ1) is 14.2. The van der Waals surface area contributed by atoms with Crippen molar-refractivity contribution in [2.24, 2.45) is 0 Å². The molecule has 0 aromatic carbocycles. The van der Waals surface area contributed by atoms with Crippen LogP contribution in [-0.2, 0) is 9.53 Å². The SMILES string of the molecule is CCCCOC(=O)CCCC[C@H]1CCSS1. The van der Waals surface area contributed by atoms with E-state index in [9.17, 15) is 4.79 Å². The first-order valence-electron chi connectivity index (χ1n) is 6.27. The average Bonchev–Trinajstić information content (AvgIpc) is 2.78. The smallest absolute Gasteiger partial charge is 0.305 e. The minimum absolute atomic E-state index is 0.0121. The van der Waals surface area contributed by atoms with Crippen molar-refractivity contribution in [3.8, 4) is 0 Å². The summed E-state index contributed by atoms with van der Waals surface area (Å²) in [6.45, 7) is 2.70. The largest absolute Gasteiger partial charge is 0.466 e. The second-order valence-electron chi connectivity index (χ2n) is 4.15. The van der Waals surface area contributed by atoms with Gasteiger partial charge < -0.3 is 4.74 Å². The van der Waals surface area contributed by atoms with Gasteiger partial charge in [0.25, 0.3) is 0 Å². The number of carbonyl (C=O) groups is 1. The number of unbranched alkanes of at least 4 members (excludes halogenated alkanes) is 2. The van der Waals surface area contributed by atoms with E-state index in [0.717, 1.165) is 24.5 Å². The lowest BCUT2D eigenvalue weighted by Crippen LogP contribution is -2.06. The van der Waals surface area contributed by atoms with Gasteiger partial charge in [0.2, 0.25) is 0 Å². The molecule has 0 bridgehead atoms. The maximum absolute atomic E-state index is 11.3. The van der Waals surface area contributed by atoms with Gasteiger partial charge in [0.15, 0.2) is 0 Å². The van der Waals surface area contributed by atoms with Crippen molar-refractivity contribution in [2.45, 2.75) is 57.1 Å². The fourth-order valence-corrected chi connectivity index (χ4v) is 4.64. The zero-order valence-corrected chi connectivity index (χ0v) is 11.7. The van der Waals surface area contributed by atoms with Crippen LogP contribution in [0.2, 0.25) is 0 Å². The predicted molar refractivity (Wildman–Crippen MR) is 72.8 cm³/mol. The van der Waals surface area contributed by atoms with E-state index in [2.05, 4.69) is 6.92 Å². The quantitative estimate of drug-likeness (QED) is 0.374. The third-order valence-corrected chi connectivity index (χ3v) is 5.65. The highest BCUT2D eigenvalue weighted by atomic mass is 33.1. The summed E-state index contributed by atoms with van der Waals surface area (Å²) in [7, 11) is 4.00. The summed E-state index contributed by atoms with van der Waals surface area (Å²) in [6.07, 6.45) is 7.45. The van der Waals surface area contributed by atoms with Gasteiger partial charge in [-0.2, -0.15) is 0 Å². The van der Waals surface area contributed by atoms with Crippen molar-refractivity contribution < 1.29 is 9.53 Å². The van der Waals surface area contributed by atoms with Crippen molar-refractivity contribution in [1.29, 1.82) is 0 Å². The van der Waals surface area contributed by atoms with Gasteiger partial charge in [-0.1, -0.05) is 41.4 Å². The first-order valence-corrected chi connectivity index (χ1v) is 8.65. The second-order valence-corrected chi connectivity index (χ2v) is 6.94. The topological polar surface area (TPSA) is 26.3 Å². The van der Waals surface area contributed by atoms with Crippen LogP contribution in [0.5, 0.6) is 0 Å². The molecule has 1 aliphatic heterocycles. The number of rotatable bonds is 8. The van der Waals surface area contributed by atoms with Gasteiger partial charge in [-0.3, -0.25) is 4.79 Å². The van der Waals surface area contributed by atoms with Crippen LogP contribution in [0.3, 0.4) is 0 Å². The molecule has 2 nitrogen and oxygen atoms in total. The van der Waals surface area contributed by atoms with Gasteiger partial charge in [0, 0.05) is 17.4 Å². The highest BCUT2D eigenvalue weighted by molar-refractivity contribution is 8.77. The van der Waals surface area contributed by atoms with Crippen LogP contribution >= 0.6 is 21.6 Å². The molecule has 4 heteroatoms. The van der Waals surface area contributed by atoms with Crippen molar-refractivity contribution in [1.82, 2.24) is 0 Å². The molecule has 0 spiro atoms. The lowest BCUT2D eigenvalue weighted by molar-refractivity contribution is -0.143. The minimum atomic E-state index is -0.0121. The van der Waals surface area contributed by atoms with Crippen LogP contribution in [0.4, 0.5) is 0 Å². The van der Waals surface area contributed by atoms with Crippen molar-refractivity contribution in [2.75, 3.05) is 12.4 Å². The Labute approximate surface area is 107 Å². The van der Waals surface area contributed by atoms with Crippen LogP contribution in [0, 0.1) is 0 Å². The van der Waals surface area contributed by atoms with Crippen molar-refractivity contribution in [3.05, 3.63) is 0 Å². The number of hydrogen-bond acceptors (Lipinski definition) is 4. The van der Waals surface area contributed by atoms with E-state index >= 15 is 0 Å². The molecule has 0 aromatic rings. The lowest BCUT2D eigenvalue weighted by atomic mass is 10.1. The third-order valence-electron chi connectivity index (χ3n) is 2.65. The van der Waals surface area contributed by atoms with E-state index < -0.39 is 0 Å². The minimum Gasteiger partial charge on any atom is -0.466 e. The van der Waals surface area contributed by atoms with Gasteiger partial charge in [0.05, 0.1) is 6.61 Å². The molecule has 16 heavy (non-hydrogen) atoms. The second kappa shape index (κ2) is 9.23. The zero-order valence-electron chi connectivity index (χ0n) is 10.1. The third kappa shape index (κ3) is 6.69. The monoisotopic (exact) mass is 262 g/mol. The Bertz CT molecular complexity index is 191. The average molecular weight is 262 g/mol. The molecule has 1 rings (SSSR count). The fraction of sp³-hybridized carbons (Fsp3) is 0.917. The van der Waals surface area contributed by atoms with Gasteiger partial charge in [0.1, 0.15) is 0 Å². The molecule has 1 saturated heterocycles. The molecule has 0 aromatic heterocycles. The molecule has 0 saturated carbocycles. The Morgan fingerprint density at radius 3 is 2.94 bits per heavy atom. The molecule has 1 atom stereocenters. The summed E-state index contributed by atoms with van der Waals surface area (Å²) in [6, 6.07) is 0. The number of ether oxygens (including phenoxy) is 1. The van der Waals surface area contributed by atoms with Crippen molar-refractivity contribution in [3.63, 3.8) is 0 Å². The molecule has 1 heterocycles. The van der Waals surface area contributed by atoms with E-state index in [-0.39, 0.29) is 5.97 Å². The molecule has 0 N–H and O–H groups in total. The normalized spacial score (nSPS) is 19.9. The Balaban J connectivity index is 1.87. The highest BCUT2D eigenvalue weighted by Gasteiger charge is 2.15. The summed E-state index contributed by atoms with van der Waals surface area (Å²) in [5.74, 6) is 1.29. The highest BCUT2D eigenvalue weighted by Crippen LogP contribution is 2.39. The zero-order chi connectivity index (χ0) is 11.6. The summed E-state index contributed by atoms with van der Waals surface area (Å²) in [5, 5.41) is 0.834. The van der Waals surface area contributed by atoms with Crippen LogP contribution in [0.1, 0.15) is 51.9 Å². The number of carbonyl (C=O) groups excluding carboxylic acids is 1. The Hall–Kier alpha value is 0.170. The fourth-order valence-electron chi connectivity index (χ4n) is 1.61. The van der Waals surface area contributed by atoms with E-state index in [4.69, 9.17) is 4.74 Å². The molecule has 0 radical (unpaired) electrons. The lowest BCUT2D eigenvalue weighted by Gasteiger charge is -2.06. The Morgan fingerprint density at radius 2 is 2.25 bits per heavy atom. The Morgan fingerprint density at radius 1 is 1.38 bits per heavy atom. The number of hydrogen-bond donors (Lipinski definition) is 0. The summed E-state index contributed by atoms with van der Waals surface area (Å²) < 4.78 is 5.11. The predicted octanol–water partition coefficient (Wildman–Crippen LogP) is 4.04. The number of esters is 1. The maximum Gasteiger partial charge on any atom is 0.305 e. The summed E-state index contributed by atoms with van der Waals surface area (Å²) >= 11 is 0. The molecule has 94 valence electrons. The maximum atomic E-state index is 11.3. The molecule has 0 amide bonds. The molecule has 1 fully saturated rings. The van der Waals surface area contributed by atoms with Crippen LogP contribution < -0.4 is 0 Å². The molecule has 1 aliphatic rings. The van der Waals surface area contributed by atoms with Gasteiger partial charge in [-0.25, -0.2) is 0 Å². The summed E-state index contributed by atoms with van der Waals surface area (Å²) in [4.78, 5) is 11.3. The van der Waals surface area contributed by atoms with Crippen LogP contribution in [-0.4, -0.2) is 23.6 Å². The summed E-state index contributed by atoms with van der Waals surface area (Å²) in [5.41, 5.74) is 0. The van der Waals surface area contributed by atoms with E-state index in [0.29, 0.717) is 13.0 Å². The van der Waals surface area contributed by atoms with Gasteiger partial charge in [-0.15, -0.1) is 0 Å². The molecule has 0 aliphatic carbocycles. The van der Waals surface area contributed by atoms with E-state index in [1.807, 2.05) is 21.6 Å². The molecule has 0 unspecified atom stereocenters.